The quantitative estimate of drug-likeness (QED) is 0.162. The molecule has 3 aliphatic rings. The number of aromatic hydroxyl groups is 4. The molecule has 1 unspecified atom stereocenters. The lowest BCUT2D eigenvalue weighted by molar-refractivity contribution is -0.130. The molecule has 2 spiro atoms. The molecule has 4 atom stereocenters. The van der Waals surface area contributed by atoms with E-state index in [9.17, 15) is 25.2 Å². The van der Waals surface area contributed by atoms with Crippen LogP contribution in [0.2, 0.25) is 0 Å². The number of hydrogen-bond donors (Lipinski definition) is 5. The molecule has 7 nitrogen and oxygen atoms in total. The first-order valence-electron chi connectivity index (χ1n) is 13.8. The highest BCUT2D eigenvalue weighted by molar-refractivity contribution is 6.24. The van der Waals surface area contributed by atoms with Crippen molar-refractivity contribution in [2.24, 2.45) is 5.41 Å². The Bertz CT molecular complexity index is 1820. The maximum Gasteiger partial charge on any atom is 0.189 e. The number of nitrogens with one attached hydrogen (secondary N) is 1. The molecule has 1 saturated heterocycles. The van der Waals surface area contributed by atoms with E-state index in [1.165, 1.54) is 24.3 Å². The molecule has 2 fully saturated rings. The standard InChI is InChI=1S/C34H29NO6/c1-18-30(21-11-13-26(37)28(39)17-21)33(14-4-7-22(31(33)40)15-19-10-12-25(36)27(38)16-19)34(35-18)24-9-3-6-20-5-2-8-23(29(20)24)32(34)41/h2-3,5-6,8-13,15-18,30,35-39H,4,7,14H2,1H3/b22-15+/t18?,30-,33+,34+/m1/s1. The number of rotatable bonds is 2. The topological polar surface area (TPSA) is 127 Å². The van der Waals surface area contributed by atoms with Crippen molar-refractivity contribution in [1.82, 2.24) is 5.32 Å². The summed E-state index contributed by atoms with van der Waals surface area (Å²) in [6.45, 7) is 1.96. The second-order valence-corrected chi connectivity index (χ2v) is 11.5. The second-order valence-electron chi connectivity index (χ2n) is 11.5. The Morgan fingerprint density at radius 2 is 1.54 bits per heavy atom. The lowest BCUT2D eigenvalue weighted by Gasteiger charge is -2.47. The maximum atomic E-state index is 15.1. The Morgan fingerprint density at radius 3 is 2.27 bits per heavy atom. The lowest BCUT2D eigenvalue weighted by Crippen LogP contribution is -2.59. The summed E-state index contributed by atoms with van der Waals surface area (Å²) < 4.78 is 0. The first-order valence-corrected chi connectivity index (χ1v) is 13.8. The Labute approximate surface area is 236 Å². The number of carbonyl (C=O) groups is 2. The van der Waals surface area contributed by atoms with Crippen LogP contribution in [0.25, 0.3) is 16.8 Å². The largest absolute Gasteiger partial charge is 0.504 e. The number of fused-ring (bicyclic) bond motifs is 2. The fourth-order valence-corrected chi connectivity index (χ4v) is 7.97. The molecule has 4 aromatic carbocycles. The highest BCUT2D eigenvalue weighted by atomic mass is 16.3. The predicted molar refractivity (Wildman–Crippen MR) is 154 cm³/mol. The van der Waals surface area contributed by atoms with Crippen LogP contribution in [0, 0.1) is 5.41 Å². The fraction of sp³-hybridized carbons (Fsp3) is 0.235. The number of allylic oxidation sites excluding steroid dienone is 1. The zero-order valence-electron chi connectivity index (χ0n) is 22.4. The number of phenols is 4. The third-order valence-electron chi connectivity index (χ3n) is 9.45. The van der Waals surface area contributed by atoms with E-state index in [1.807, 2.05) is 43.3 Å². The van der Waals surface area contributed by atoms with Crippen LogP contribution < -0.4 is 5.32 Å². The zero-order valence-corrected chi connectivity index (χ0v) is 22.4. The van der Waals surface area contributed by atoms with Gasteiger partial charge in [-0.1, -0.05) is 48.5 Å². The molecule has 41 heavy (non-hydrogen) atoms. The Kier molecular flexibility index (Phi) is 5.37. The predicted octanol–water partition coefficient (Wildman–Crippen LogP) is 5.65. The minimum absolute atomic E-state index is 0.140. The van der Waals surface area contributed by atoms with Gasteiger partial charge in [0.1, 0.15) is 5.54 Å². The molecule has 5 N–H and O–H groups in total. The Hall–Kier alpha value is -4.62. The normalized spacial score (nSPS) is 28.0. The van der Waals surface area contributed by atoms with Crippen LogP contribution in [-0.2, 0) is 10.3 Å². The molecular formula is C34H29NO6. The summed E-state index contributed by atoms with van der Waals surface area (Å²) in [6.07, 6.45) is 3.30. The molecular weight excluding hydrogens is 518 g/mol. The summed E-state index contributed by atoms with van der Waals surface area (Å²) >= 11 is 0. The van der Waals surface area contributed by atoms with E-state index in [2.05, 4.69) is 5.32 Å². The van der Waals surface area contributed by atoms with E-state index < -0.39 is 16.9 Å². The van der Waals surface area contributed by atoms with Crippen molar-refractivity contribution in [2.45, 2.75) is 43.7 Å². The van der Waals surface area contributed by atoms with Crippen LogP contribution >= 0.6 is 0 Å². The molecule has 0 radical (unpaired) electrons. The summed E-state index contributed by atoms with van der Waals surface area (Å²) in [5.41, 5.74) is 0.523. The second kappa shape index (κ2) is 8.69. The van der Waals surface area contributed by atoms with E-state index in [0.717, 1.165) is 16.3 Å². The first kappa shape index (κ1) is 25.4. The molecule has 2 aliphatic carbocycles. The smallest absolute Gasteiger partial charge is 0.189 e. The molecule has 1 heterocycles. The zero-order chi connectivity index (χ0) is 28.7. The van der Waals surface area contributed by atoms with Gasteiger partial charge in [0.25, 0.3) is 0 Å². The van der Waals surface area contributed by atoms with E-state index in [1.54, 1.807) is 18.2 Å². The van der Waals surface area contributed by atoms with Gasteiger partial charge in [-0.05, 0) is 89.6 Å². The van der Waals surface area contributed by atoms with E-state index in [-0.39, 0.29) is 40.6 Å². The Balaban J connectivity index is 1.51. The number of phenolic OH excluding ortho intramolecular Hbond substituents is 4. The van der Waals surface area contributed by atoms with Crippen molar-refractivity contribution >= 4 is 28.4 Å². The molecule has 0 aromatic heterocycles. The van der Waals surface area contributed by atoms with Gasteiger partial charge >= 0.3 is 0 Å². The summed E-state index contributed by atoms with van der Waals surface area (Å²) in [5.74, 6) is -1.88. The SMILES string of the molecule is CC1N[C@@]2(C(=O)c3cccc4cccc2c34)[C@@]2(CCC/C(=C\c3ccc(O)c(O)c3)C2=O)[C@H]1c1ccc(O)c(O)c1. The summed E-state index contributed by atoms with van der Waals surface area (Å²) in [5, 5.41) is 45.9. The van der Waals surface area contributed by atoms with Crippen LogP contribution in [0.4, 0.5) is 0 Å². The molecule has 7 heteroatoms. The van der Waals surface area contributed by atoms with Gasteiger partial charge in [0.2, 0.25) is 0 Å². The fourth-order valence-electron chi connectivity index (χ4n) is 7.97. The average Bonchev–Trinajstić information content (AvgIpc) is 3.36. The van der Waals surface area contributed by atoms with Gasteiger partial charge in [-0.15, -0.1) is 0 Å². The molecule has 1 saturated carbocycles. The van der Waals surface area contributed by atoms with Gasteiger partial charge in [-0.2, -0.15) is 0 Å². The summed E-state index contributed by atoms with van der Waals surface area (Å²) in [4.78, 5) is 29.8. The Morgan fingerprint density at radius 1 is 0.829 bits per heavy atom. The molecule has 206 valence electrons. The van der Waals surface area contributed by atoms with Crippen LogP contribution in [0.1, 0.15) is 59.2 Å². The molecule has 1 aliphatic heterocycles. The summed E-state index contributed by atoms with van der Waals surface area (Å²) in [7, 11) is 0. The highest BCUT2D eigenvalue weighted by Crippen LogP contribution is 2.66. The summed E-state index contributed by atoms with van der Waals surface area (Å²) in [6, 6.07) is 20.2. The maximum absolute atomic E-state index is 15.1. The van der Waals surface area contributed by atoms with Gasteiger partial charge in [0, 0.05) is 17.5 Å². The highest BCUT2D eigenvalue weighted by Gasteiger charge is 2.73. The van der Waals surface area contributed by atoms with Crippen LogP contribution in [0.3, 0.4) is 0 Å². The molecule has 7 rings (SSSR count). The van der Waals surface area contributed by atoms with Gasteiger partial charge in [0.15, 0.2) is 34.6 Å². The first-order chi connectivity index (χ1) is 19.7. The average molecular weight is 548 g/mol. The monoisotopic (exact) mass is 547 g/mol. The number of hydrogen-bond acceptors (Lipinski definition) is 7. The van der Waals surface area contributed by atoms with E-state index in [0.29, 0.717) is 41.5 Å². The van der Waals surface area contributed by atoms with Gasteiger partial charge in [-0.3, -0.25) is 14.9 Å². The minimum Gasteiger partial charge on any atom is -0.504 e. The lowest BCUT2D eigenvalue weighted by atomic mass is 9.52. The van der Waals surface area contributed by atoms with Crippen molar-refractivity contribution < 1.29 is 30.0 Å². The van der Waals surface area contributed by atoms with Crippen molar-refractivity contribution in [3.05, 3.63) is 101 Å². The van der Waals surface area contributed by atoms with Crippen molar-refractivity contribution in [2.75, 3.05) is 0 Å². The number of ketones is 2. The third kappa shape index (κ3) is 3.24. The van der Waals surface area contributed by atoms with Crippen LogP contribution in [0.5, 0.6) is 23.0 Å². The van der Waals surface area contributed by atoms with E-state index in [4.69, 9.17) is 0 Å². The third-order valence-corrected chi connectivity index (χ3v) is 9.45. The van der Waals surface area contributed by atoms with Gasteiger partial charge < -0.3 is 20.4 Å². The number of carbonyl (C=O) groups excluding carboxylic acids is 2. The molecule has 0 amide bonds. The molecule has 4 aromatic rings. The molecule has 0 bridgehead atoms. The van der Waals surface area contributed by atoms with Crippen LogP contribution in [-0.4, -0.2) is 38.0 Å². The van der Waals surface area contributed by atoms with E-state index >= 15 is 4.79 Å². The van der Waals surface area contributed by atoms with Gasteiger partial charge in [-0.25, -0.2) is 0 Å². The van der Waals surface area contributed by atoms with Crippen molar-refractivity contribution in [3.8, 4) is 23.0 Å². The van der Waals surface area contributed by atoms with Crippen LogP contribution in [0.15, 0.2) is 78.4 Å². The van der Waals surface area contributed by atoms with Gasteiger partial charge in [0.05, 0.1) is 5.41 Å². The minimum atomic E-state index is -1.35. The van der Waals surface area contributed by atoms with Crippen molar-refractivity contribution in [1.29, 1.82) is 0 Å². The van der Waals surface area contributed by atoms with Crippen molar-refractivity contribution in [3.63, 3.8) is 0 Å². The number of Topliss-reactive ketones (excluding diaryl/α,β-unsaturated/α-hetero) is 2. The number of benzene rings is 4.